The highest BCUT2D eigenvalue weighted by Crippen LogP contribution is 2.24. The van der Waals surface area contributed by atoms with Crippen LogP contribution in [0.1, 0.15) is 24.5 Å². The largest absolute Gasteiger partial charge is 0.483 e. The summed E-state index contributed by atoms with van der Waals surface area (Å²) in [6.07, 6.45) is -1.44. The Labute approximate surface area is 129 Å². The second-order valence-electron chi connectivity index (χ2n) is 5.24. The van der Waals surface area contributed by atoms with E-state index in [1.807, 2.05) is 6.92 Å². The lowest BCUT2D eigenvalue weighted by Crippen LogP contribution is -2.32. The molecule has 0 aromatic heterocycles. The van der Waals surface area contributed by atoms with E-state index in [9.17, 15) is 8.78 Å². The SMILES string of the molecule is CCCc1ccc(OC(F)(F)COc2ccc(C)cc2)cc1. The number of alkyl halides is 2. The van der Waals surface area contributed by atoms with Crippen LogP contribution >= 0.6 is 0 Å². The maximum atomic E-state index is 13.8. The molecule has 0 aliphatic carbocycles. The number of rotatable bonds is 7. The van der Waals surface area contributed by atoms with Crippen LogP contribution in [0.25, 0.3) is 0 Å². The molecule has 0 saturated heterocycles. The van der Waals surface area contributed by atoms with E-state index in [0.29, 0.717) is 5.75 Å². The van der Waals surface area contributed by atoms with E-state index in [0.717, 1.165) is 24.0 Å². The normalized spacial score (nSPS) is 11.3. The average molecular weight is 306 g/mol. The maximum Gasteiger partial charge on any atom is 0.432 e. The summed E-state index contributed by atoms with van der Waals surface area (Å²) in [6, 6.07) is 13.7. The highest BCUT2D eigenvalue weighted by molar-refractivity contribution is 5.28. The minimum absolute atomic E-state index is 0.136. The van der Waals surface area contributed by atoms with E-state index in [2.05, 4.69) is 6.92 Å². The Kier molecular flexibility index (Phi) is 5.36. The van der Waals surface area contributed by atoms with Crippen molar-refractivity contribution in [1.82, 2.24) is 0 Å². The van der Waals surface area contributed by atoms with Crippen molar-refractivity contribution in [3.05, 3.63) is 59.7 Å². The van der Waals surface area contributed by atoms with Crippen molar-refractivity contribution in [3.8, 4) is 11.5 Å². The van der Waals surface area contributed by atoms with Gasteiger partial charge in [-0.25, -0.2) is 0 Å². The van der Waals surface area contributed by atoms with E-state index in [-0.39, 0.29) is 5.75 Å². The number of halogens is 2. The zero-order valence-electron chi connectivity index (χ0n) is 12.8. The van der Waals surface area contributed by atoms with Gasteiger partial charge in [0.1, 0.15) is 11.5 Å². The predicted octanol–water partition coefficient (Wildman–Crippen LogP) is 5.00. The molecular weight excluding hydrogens is 286 g/mol. The minimum atomic E-state index is -3.38. The molecule has 0 bridgehead atoms. The van der Waals surface area contributed by atoms with Crippen molar-refractivity contribution >= 4 is 0 Å². The third-order valence-corrected chi connectivity index (χ3v) is 3.16. The van der Waals surface area contributed by atoms with Gasteiger partial charge in [0.25, 0.3) is 0 Å². The number of ether oxygens (including phenoxy) is 2. The molecule has 0 radical (unpaired) electrons. The average Bonchev–Trinajstić information content (AvgIpc) is 2.49. The van der Waals surface area contributed by atoms with Crippen molar-refractivity contribution in [2.45, 2.75) is 32.8 Å². The Morgan fingerprint density at radius 1 is 0.909 bits per heavy atom. The van der Waals surface area contributed by atoms with Crippen LogP contribution < -0.4 is 9.47 Å². The Bertz CT molecular complexity index is 577. The molecule has 0 aliphatic rings. The molecule has 0 aliphatic heterocycles. The van der Waals surface area contributed by atoms with Gasteiger partial charge in [-0.05, 0) is 43.2 Å². The monoisotopic (exact) mass is 306 g/mol. The van der Waals surface area contributed by atoms with Crippen LogP contribution in [-0.2, 0) is 6.42 Å². The molecular formula is C18H20F2O2. The molecule has 0 unspecified atom stereocenters. The molecule has 0 atom stereocenters. The summed E-state index contributed by atoms with van der Waals surface area (Å²) >= 11 is 0. The van der Waals surface area contributed by atoms with Crippen LogP contribution in [0.15, 0.2) is 48.5 Å². The molecule has 2 rings (SSSR count). The third-order valence-electron chi connectivity index (χ3n) is 3.16. The lowest BCUT2D eigenvalue weighted by molar-refractivity contribution is -0.195. The first kappa shape index (κ1) is 16.3. The zero-order valence-corrected chi connectivity index (χ0v) is 12.8. The van der Waals surface area contributed by atoms with Crippen LogP contribution in [-0.4, -0.2) is 12.7 Å². The lowest BCUT2D eigenvalue weighted by Gasteiger charge is -2.18. The van der Waals surface area contributed by atoms with Gasteiger partial charge < -0.3 is 9.47 Å². The molecule has 0 heterocycles. The standard InChI is InChI=1S/C18H20F2O2/c1-3-4-15-7-11-17(12-8-15)22-18(19,20)13-21-16-9-5-14(2)6-10-16/h5-12H,3-4,13H2,1-2H3. The van der Waals surface area contributed by atoms with Crippen LogP contribution in [0.5, 0.6) is 11.5 Å². The fourth-order valence-corrected chi connectivity index (χ4v) is 2.02. The summed E-state index contributed by atoms with van der Waals surface area (Å²) in [7, 11) is 0. The molecule has 0 saturated carbocycles. The topological polar surface area (TPSA) is 18.5 Å². The predicted molar refractivity (Wildman–Crippen MR) is 82.7 cm³/mol. The van der Waals surface area contributed by atoms with Gasteiger partial charge in [-0.2, -0.15) is 8.78 Å². The van der Waals surface area contributed by atoms with Gasteiger partial charge in [0, 0.05) is 0 Å². The molecule has 0 fully saturated rings. The highest BCUT2D eigenvalue weighted by Gasteiger charge is 2.33. The highest BCUT2D eigenvalue weighted by atomic mass is 19.3. The maximum absolute atomic E-state index is 13.8. The lowest BCUT2D eigenvalue weighted by atomic mass is 10.1. The second kappa shape index (κ2) is 7.25. The van der Waals surface area contributed by atoms with Crippen molar-refractivity contribution in [2.75, 3.05) is 6.61 Å². The van der Waals surface area contributed by atoms with Gasteiger partial charge in [-0.3, -0.25) is 0 Å². The number of hydrogen-bond donors (Lipinski definition) is 0. The van der Waals surface area contributed by atoms with Crippen molar-refractivity contribution in [3.63, 3.8) is 0 Å². The zero-order chi connectivity index (χ0) is 16.0. The van der Waals surface area contributed by atoms with Crippen LogP contribution in [0.2, 0.25) is 0 Å². The summed E-state index contributed by atoms with van der Waals surface area (Å²) in [5.41, 5.74) is 2.15. The fourth-order valence-electron chi connectivity index (χ4n) is 2.02. The Hall–Kier alpha value is -2.10. The van der Waals surface area contributed by atoms with Gasteiger partial charge in [-0.1, -0.05) is 43.2 Å². The Balaban J connectivity index is 1.90. The van der Waals surface area contributed by atoms with Crippen LogP contribution in [0.3, 0.4) is 0 Å². The van der Waals surface area contributed by atoms with E-state index >= 15 is 0 Å². The Morgan fingerprint density at radius 3 is 2.09 bits per heavy atom. The van der Waals surface area contributed by atoms with Gasteiger partial charge in [0.2, 0.25) is 0 Å². The minimum Gasteiger partial charge on any atom is -0.483 e. The Morgan fingerprint density at radius 2 is 1.50 bits per heavy atom. The summed E-state index contributed by atoms with van der Waals surface area (Å²) in [5.74, 6) is 0.532. The first-order valence-electron chi connectivity index (χ1n) is 7.34. The number of benzene rings is 2. The number of hydrogen-bond acceptors (Lipinski definition) is 2. The first-order chi connectivity index (χ1) is 10.5. The van der Waals surface area contributed by atoms with E-state index in [1.54, 1.807) is 48.5 Å². The summed E-state index contributed by atoms with van der Waals surface area (Å²) in [4.78, 5) is 0. The number of aryl methyl sites for hydroxylation is 2. The van der Waals surface area contributed by atoms with Crippen LogP contribution in [0.4, 0.5) is 8.78 Å². The molecule has 4 heteroatoms. The van der Waals surface area contributed by atoms with Gasteiger partial charge in [-0.15, -0.1) is 0 Å². The van der Waals surface area contributed by atoms with Gasteiger partial charge >= 0.3 is 6.11 Å². The van der Waals surface area contributed by atoms with Gasteiger partial charge in [0.15, 0.2) is 6.61 Å². The molecule has 0 amide bonds. The molecule has 22 heavy (non-hydrogen) atoms. The summed E-state index contributed by atoms with van der Waals surface area (Å²) in [6.45, 7) is 3.16. The molecule has 2 aromatic carbocycles. The van der Waals surface area contributed by atoms with E-state index in [4.69, 9.17) is 9.47 Å². The van der Waals surface area contributed by atoms with E-state index < -0.39 is 12.7 Å². The van der Waals surface area contributed by atoms with Crippen molar-refractivity contribution in [2.24, 2.45) is 0 Å². The molecule has 2 aromatic rings. The molecule has 0 N–H and O–H groups in total. The second-order valence-corrected chi connectivity index (χ2v) is 5.24. The van der Waals surface area contributed by atoms with E-state index in [1.165, 1.54) is 0 Å². The van der Waals surface area contributed by atoms with Crippen LogP contribution in [0, 0.1) is 6.92 Å². The van der Waals surface area contributed by atoms with Crippen molar-refractivity contribution in [1.29, 1.82) is 0 Å². The molecule has 0 spiro atoms. The summed E-state index contributed by atoms with van der Waals surface area (Å²) < 4.78 is 37.4. The quantitative estimate of drug-likeness (QED) is 0.717. The molecule has 118 valence electrons. The fraction of sp³-hybridized carbons (Fsp3) is 0.333. The van der Waals surface area contributed by atoms with Gasteiger partial charge in [0.05, 0.1) is 0 Å². The van der Waals surface area contributed by atoms with Crippen molar-refractivity contribution < 1.29 is 18.3 Å². The summed E-state index contributed by atoms with van der Waals surface area (Å²) in [5, 5.41) is 0. The third kappa shape index (κ3) is 5.02. The first-order valence-corrected chi connectivity index (χ1v) is 7.34. The smallest absolute Gasteiger partial charge is 0.432 e. The molecule has 2 nitrogen and oxygen atoms in total.